The number of aromatic amines is 1. The maximum atomic E-state index is 13.0. The van der Waals surface area contributed by atoms with Gasteiger partial charge >= 0.3 is 17.1 Å². The lowest BCUT2D eigenvalue weighted by Gasteiger charge is -2.13. The highest BCUT2D eigenvalue weighted by Crippen LogP contribution is 2.27. The summed E-state index contributed by atoms with van der Waals surface area (Å²) < 4.78 is 7.48. The van der Waals surface area contributed by atoms with Crippen molar-refractivity contribution in [3.63, 3.8) is 0 Å². The number of para-hydroxylation sites is 2. The van der Waals surface area contributed by atoms with E-state index in [2.05, 4.69) is 4.98 Å². The average molecular weight is 403 g/mol. The van der Waals surface area contributed by atoms with Crippen LogP contribution in [0.4, 0.5) is 0 Å². The molecule has 0 radical (unpaired) electrons. The molecule has 0 fully saturated rings. The summed E-state index contributed by atoms with van der Waals surface area (Å²) in [6.45, 7) is -0.374. The molecule has 0 amide bonds. The summed E-state index contributed by atoms with van der Waals surface area (Å²) in [6.07, 6.45) is 0. The fourth-order valence-corrected chi connectivity index (χ4v) is 3.05. The molecule has 0 spiro atoms. The van der Waals surface area contributed by atoms with Gasteiger partial charge in [0.1, 0.15) is 11.5 Å². The minimum absolute atomic E-state index is 0.190. The van der Waals surface area contributed by atoms with E-state index in [-0.39, 0.29) is 12.3 Å². The van der Waals surface area contributed by atoms with Crippen LogP contribution in [-0.2, 0) is 6.61 Å². The molecule has 2 N–H and O–H groups in total. The number of H-pyrrole nitrogens is 1. The zero-order chi connectivity index (χ0) is 21.1. The van der Waals surface area contributed by atoms with Crippen LogP contribution in [0.15, 0.2) is 93.2 Å². The molecule has 1 aromatic heterocycles. The molecule has 150 valence electrons. The van der Waals surface area contributed by atoms with Gasteiger partial charge in [-0.25, -0.2) is 23.5 Å². The number of hydrogen-bond donors (Lipinski definition) is 2. The lowest BCUT2D eigenvalue weighted by atomic mass is 10.2. The lowest BCUT2D eigenvalue weighted by Crippen LogP contribution is -2.48. The standard InChI is InChI=1S/C22H17N3O5/c26-14-15-13-17(11-12-19(15)30-18-9-5-2-6-10-18)25-21(28)23-20(27)24(22(25)29)16-7-3-1-4-8-16/h1-13,26H,14H2,(H,23,27,28). The fraction of sp³-hybridized carbons (Fsp3) is 0.0455. The van der Waals surface area contributed by atoms with Crippen LogP contribution in [0.5, 0.6) is 11.5 Å². The Hall–Kier alpha value is -4.17. The molecule has 1 heterocycles. The molecular weight excluding hydrogens is 386 g/mol. The second kappa shape index (κ2) is 8.06. The summed E-state index contributed by atoms with van der Waals surface area (Å²) in [5.41, 5.74) is -1.65. The zero-order valence-electron chi connectivity index (χ0n) is 15.7. The summed E-state index contributed by atoms with van der Waals surface area (Å²) in [6, 6.07) is 21.8. The van der Waals surface area contributed by atoms with Crippen molar-refractivity contribution >= 4 is 0 Å². The molecule has 0 saturated heterocycles. The zero-order valence-corrected chi connectivity index (χ0v) is 15.7. The topological polar surface area (TPSA) is 106 Å². The first kappa shape index (κ1) is 19.2. The van der Waals surface area contributed by atoms with E-state index in [1.807, 2.05) is 18.2 Å². The van der Waals surface area contributed by atoms with E-state index in [1.165, 1.54) is 12.1 Å². The molecular formula is C22H17N3O5. The first-order chi connectivity index (χ1) is 14.6. The van der Waals surface area contributed by atoms with Crippen molar-refractivity contribution in [1.82, 2.24) is 14.1 Å². The van der Waals surface area contributed by atoms with Gasteiger partial charge in [-0.2, -0.15) is 0 Å². The maximum absolute atomic E-state index is 13.0. The van der Waals surface area contributed by atoms with E-state index in [9.17, 15) is 19.5 Å². The van der Waals surface area contributed by atoms with Crippen LogP contribution in [0, 0.1) is 0 Å². The van der Waals surface area contributed by atoms with Gasteiger partial charge < -0.3 is 9.84 Å². The smallest absolute Gasteiger partial charge is 0.345 e. The number of benzene rings is 3. The third-order valence-electron chi connectivity index (χ3n) is 4.46. The fourth-order valence-electron chi connectivity index (χ4n) is 3.05. The normalized spacial score (nSPS) is 10.7. The number of nitrogens with one attached hydrogen (secondary N) is 1. The van der Waals surface area contributed by atoms with Crippen LogP contribution in [0.2, 0.25) is 0 Å². The largest absolute Gasteiger partial charge is 0.457 e. The quantitative estimate of drug-likeness (QED) is 0.530. The monoisotopic (exact) mass is 403 g/mol. The van der Waals surface area contributed by atoms with Crippen LogP contribution in [0.25, 0.3) is 11.4 Å². The maximum Gasteiger partial charge on any atom is 0.345 e. The third-order valence-corrected chi connectivity index (χ3v) is 4.46. The van der Waals surface area contributed by atoms with Crippen molar-refractivity contribution in [3.8, 4) is 22.9 Å². The van der Waals surface area contributed by atoms with Gasteiger partial charge in [0.2, 0.25) is 0 Å². The van der Waals surface area contributed by atoms with Gasteiger partial charge in [-0.3, -0.25) is 4.98 Å². The highest BCUT2D eigenvalue weighted by molar-refractivity contribution is 5.46. The van der Waals surface area contributed by atoms with E-state index >= 15 is 0 Å². The van der Waals surface area contributed by atoms with E-state index in [0.717, 1.165) is 9.13 Å². The summed E-state index contributed by atoms with van der Waals surface area (Å²) in [4.78, 5) is 39.8. The van der Waals surface area contributed by atoms with Crippen LogP contribution in [0.1, 0.15) is 5.56 Å². The van der Waals surface area contributed by atoms with Crippen LogP contribution < -0.4 is 21.8 Å². The molecule has 30 heavy (non-hydrogen) atoms. The van der Waals surface area contributed by atoms with Crippen LogP contribution >= 0.6 is 0 Å². The summed E-state index contributed by atoms with van der Waals surface area (Å²) in [5.74, 6) is 0.959. The Morgan fingerprint density at radius 1 is 0.767 bits per heavy atom. The molecule has 0 saturated carbocycles. The number of aliphatic hydroxyl groups excluding tert-OH is 1. The SMILES string of the molecule is O=c1[nH]c(=O)n(-c2ccc(Oc3ccccc3)c(CO)c2)c(=O)n1-c1ccccc1. The van der Waals surface area contributed by atoms with Gasteiger partial charge in [0.15, 0.2) is 0 Å². The van der Waals surface area contributed by atoms with Gasteiger partial charge in [-0.15, -0.1) is 0 Å². The second-order valence-electron chi connectivity index (χ2n) is 6.39. The Bertz CT molecular complexity index is 1360. The van der Waals surface area contributed by atoms with Gasteiger partial charge in [0.25, 0.3) is 0 Å². The number of aromatic nitrogens is 3. The Morgan fingerprint density at radius 2 is 1.37 bits per heavy atom. The van der Waals surface area contributed by atoms with Gasteiger partial charge in [0.05, 0.1) is 18.0 Å². The number of hydrogen-bond acceptors (Lipinski definition) is 5. The second-order valence-corrected chi connectivity index (χ2v) is 6.39. The Morgan fingerprint density at radius 3 is 2.00 bits per heavy atom. The average Bonchev–Trinajstić information content (AvgIpc) is 2.76. The lowest BCUT2D eigenvalue weighted by molar-refractivity contribution is 0.276. The van der Waals surface area contributed by atoms with E-state index < -0.39 is 17.1 Å². The van der Waals surface area contributed by atoms with Crippen LogP contribution in [0.3, 0.4) is 0 Å². The highest BCUT2D eigenvalue weighted by Gasteiger charge is 2.15. The van der Waals surface area contributed by atoms with Gasteiger partial charge in [0, 0.05) is 5.56 Å². The molecule has 0 aliphatic rings. The molecule has 0 aliphatic carbocycles. The van der Waals surface area contributed by atoms with Crippen molar-refractivity contribution < 1.29 is 9.84 Å². The molecule has 0 unspecified atom stereocenters. The Balaban J connectivity index is 1.84. The van der Waals surface area contributed by atoms with Crippen molar-refractivity contribution in [2.45, 2.75) is 6.61 Å². The predicted molar refractivity (Wildman–Crippen MR) is 111 cm³/mol. The third kappa shape index (κ3) is 3.59. The van der Waals surface area contributed by atoms with Gasteiger partial charge in [-0.1, -0.05) is 36.4 Å². The van der Waals surface area contributed by atoms with E-state index in [4.69, 9.17) is 4.74 Å². The molecule has 4 rings (SSSR count). The number of aliphatic hydroxyl groups is 1. The summed E-state index contributed by atoms with van der Waals surface area (Å²) in [5, 5.41) is 9.77. The van der Waals surface area contributed by atoms with Crippen LogP contribution in [-0.4, -0.2) is 19.2 Å². The number of ether oxygens (including phenoxy) is 1. The van der Waals surface area contributed by atoms with E-state index in [1.54, 1.807) is 48.5 Å². The number of rotatable bonds is 5. The molecule has 0 aliphatic heterocycles. The van der Waals surface area contributed by atoms with Crippen molar-refractivity contribution in [3.05, 3.63) is 116 Å². The Kier molecular flexibility index (Phi) is 5.15. The van der Waals surface area contributed by atoms with Gasteiger partial charge in [-0.05, 0) is 42.5 Å². The molecule has 3 aromatic carbocycles. The molecule has 8 heteroatoms. The first-order valence-corrected chi connectivity index (χ1v) is 9.09. The predicted octanol–water partition coefficient (Wildman–Crippen LogP) is 1.96. The van der Waals surface area contributed by atoms with Crippen molar-refractivity contribution in [2.24, 2.45) is 0 Å². The minimum atomic E-state index is -0.877. The Labute approximate surface area is 169 Å². The molecule has 0 bridgehead atoms. The summed E-state index contributed by atoms with van der Waals surface area (Å²) in [7, 11) is 0. The molecule has 8 nitrogen and oxygen atoms in total. The number of nitrogens with zero attached hydrogens (tertiary/aromatic N) is 2. The highest BCUT2D eigenvalue weighted by atomic mass is 16.5. The summed E-state index contributed by atoms with van der Waals surface area (Å²) >= 11 is 0. The minimum Gasteiger partial charge on any atom is -0.457 e. The van der Waals surface area contributed by atoms with E-state index in [0.29, 0.717) is 22.7 Å². The molecule has 4 aromatic rings. The molecule has 0 atom stereocenters. The first-order valence-electron chi connectivity index (χ1n) is 9.09. The van der Waals surface area contributed by atoms with Crippen molar-refractivity contribution in [1.29, 1.82) is 0 Å². The van der Waals surface area contributed by atoms with Crippen molar-refractivity contribution in [2.75, 3.05) is 0 Å².